The number of oxazole rings is 1. The van der Waals surface area contributed by atoms with Crippen LogP contribution in [0, 0.1) is 0 Å². The van der Waals surface area contributed by atoms with Gasteiger partial charge in [-0.15, -0.1) is 0 Å². The Bertz CT molecular complexity index is 2860. The molecule has 0 spiro atoms. The molecule has 8 aromatic carbocycles. The Morgan fingerprint density at radius 1 is 0.377 bits per heavy atom. The first-order chi connectivity index (χ1) is 26.3. The van der Waals surface area contributed by atoms with Crippen molar-refractivity contribution in [1.82, 2.24) is 4.98 Å². The molecule has 0 N–H and O–H groups in total. The van der Waals surface area contributed by atoms with Gasteiger partial charge in [0, 0.05) is 27.9 Å². The largest absolute Gasteiger partial charge is 0.456 e. The third kappa shape index (κ3) is 5.54. The van der Waals surface area contributed by atoms with Gasteiger partial charge in [0.2, 0.25) is 5.89 Å². The number of benzene rings is 8. The van der Waals surface area contributed by atoms with Gasteiger partial charge in [-0.2, -0.15) is 0 Å². The lowest BCUT2D eigenvalue weighted by atomic mass is 9.96. The molecule has 2 aromatic heterocycles. The molecular weight excluding hydrogens is 649 g/mol. The fraction of sp³-hybridized carbons (Fsp3) is 0. The lowest BCUT2D eigenvalue weighted by Crippen LogP contribution is -2.11. The third-order valence-corrected chi connectivity index (χ3v) is 9.91. The minimum absolute atomic E-state index is 0.599. The summed E-state index contributed by atoms with van der Waals surface area (Å²) in [7, 11) is 0. The number of hydrogen-bond donors (Lipinski definition) is 0. The minimum Gasteiger partial charge on any atom is -0.456 e. The molecule has 0 aliphatic heterocycles. The molecule has 0 bridgehead atoms. The summed E-state index contributed by atoms with van der Waals surface area (Å²) in [6.07, 6.45) is 0. The Morgan fingerprint density at radius 3 is 1.62 bits per heavy atom. The van der Waals surface area contributed by atoms with Crippen LogP contribution in [0.4, 0.5) is 17.1 Å². The average molecular weight is 681 g/mol. The van der Waals surface area contributed by atoms with Crippen LogP contribution in [-0.4, -0.2) is 4.98 Å². The van der Waals surface area contributed by atoms with E-state index in [9.17, 15) is 0 Å². The van der Waals surface area contributed by atoms with E-state index in [1.807, 2.05) is 42.5 Å². The van der Waals surface area contributed by atoms with Crippen molar-refractivity contribution < 1.29 is 8.83 Å². The highest BCUT2D eigenvalue weighted by atomic mass is 16.4. The van der Waals surface area contributed by atoms with Crippen molar-refractivity contribution in [2.24, 2.45) is 0 Å². The van der Waals surface area contributed by atoms with Crippen LogP contribution in [0.25, 0.3) is 77.9 Å². The van der Waals surface area contributed by atoms with E-state index in [4.69, 9.17) is 13.8 Å². The minimum atomic E-state index is 0.599. The second kappa shape index (κ2) is 12.9. The Hall–Kier alpha value is -7.17. The number of aromatic nitrogens is 1. The predicted octanol–water partition coefficient (Wildman–Crippen LogP) is 13.9. The summed E-state index contributed by atoms with van der Waals surface area (Å²) in [6.45, 7) is 0. The van der Waals surface area contributed by atoms with Gasteiger partial charge >= 0.3 is 0 Å². The molecule has 0 saturated carbocycles. The van der Waals surface area contributed by atoms with Crippen molar-refractivity contribution >= 4 is 50.1 Å². The van der Waals surface area contributed by atoms with Crippen LogP contribution in [0.1, 0.15) is 0 Å². The van der Waals surface area contributed by atoms with Crippen LogP contribution in [0.15, 0.2) is 203 Å². The summed E-state index contributed by atoms with van der Waals surface area (Å²) in [5.41, 5.74) is 14.2. The van der Waals surface area contributed by atoms with Gasteiger partial charge in [0.1, 0.15) is 16.7 Å². The lowest BCUT2D eigenvalue weighted by molar-refractivity contribution is 0.619. The maximum Gasteiger partial charge on any atom is 0.227 e. The topological polar surface area (TPSA) is 42.4 Å². The zero-order chi connectivity index (χ0) is 35.1. The van der Waals surface area contributed by atoms with Gasteiger partial charge in [-0.05, 0) is 101 Å². The molecule has 0 radical (unpaired) electrons. The fourth-order valence-electron chi connectivity index (χ4n) is 7.33. The Balaban J connectivity index is 1.07. The second-order valence-corrected chi connectivity index (χ2v) is 13.2. The fourth-order valence-corrected chi connectivity index (χ4v) is 7.33. The van der Waals surface area contributed by atoms with E-state index < -0.39 is 0 Å². The first-order valence-electron chi connectivity index (χ1n) is 17.8. The SMILES string of the molecule is c1ccc(-c2ccc(N(c3ccccc3)c3ccc(-c4ccc5oc6ccc7oc(-c8ccccc8)nc7c6c5c4)cc3)c(-c3ccccc3)c2)cc1. The van der Waals surface area contributed by atoms with E-state index >= 15 is 0 Å². The molecule has 0 fully saturated rings. The van der Waals surface area contributed by atoms with E-state index in [2.05, 4.69) is 157 Å². The zero-order valence-electron chi connectivity index (χ0n) is 28.7. The maximum absolute atomic E-state index is 6.31. The number of para-hydroxylation sites is 1. The first kappa shape index (κ1) is 30.6. The van der Waals surface area contributed by atoms with Crippen LogP contribution in [0.3, 0.4) is 0 Å². The molecule has 0 amide bonds. The molecule has 10 rings (SSSR count). The van der Waals surface area contributed by atoms with E-state index in [1.54, 1.807) is 0 Å². The third-order valence-electron chi connectivity index (χ3n) is 9.91. The molecular formula is C49H32N2O2. The van der Waals surface area contributed by atoms with E-state index in [0.29, 0.717) is 5.89 Å². The summed E-state index contributed by atoms with van der Waals surface area (Å²) in [4.78, 5) is 7.29. The van der Waals surface area contributed by atoms with E-state index in [-0.39, 0.29) is 0 Å². The molecule has 53 heavy (non-hydrogen) atoms. The van der Waals surface area contributed by atoms with Crippen molar-refractivity contribution in [3.63, 3.8) is 0 Å². The summed E-state index contributed by atoms with van der Waals surface area (Å²) in [5.74, 6) is 0.599. The molecule has 0 unspecified atom stereocenters. The number of anilines is 3. The highest BCUT2D eigenvalue weighted by Crippen LogP contribution is 2.43. The van der Waals surface area contributed by atoms with Crippen molar-refractivity contribution in [3.05, 3.63) is 194 Å². The summed E-state index contributed by atoms with van der Waals surface area (Å²) < 4.78 is 12.5. The van der Waals surface area contributed by atoms with Crippen molar-refractivity contribution in [2.75, 3.05) is 4.90 Å². The number of rotatable bonds is 7. The van der Waals surface area contributed by atoms with Crippen LogP contribution in [0.5, 0.6) is 0 Å². The lowest BCUT2D eigenvalue weighted by Gasteiger charge is -2.28. The quantitative estimate of drug-likeness (QED) is 0.168. The molecule has 10 aromatic rings. The Labute approximate surface area is 306 Å². The van der Waals surface area contributed by atoms with Gasteiger partial charge in [0.25, 0.3) is 0 Å². The second-order valence-electron chi connectivity index (χ2n) is 13.2. The van der Waals surface area contributed by atoms with Gasteiger partial charge < -0.3 is 13.7 Å². The molecule has 0 aliphatic rings. The van der Waals surface area contributed by atoms with Gasteiger partial charge in [0.05, 0.1) is 11.1 Å². The van der Waals surface area contributed by atoms with Crippen molar-refractivity contribution in [2.45, 2.75) is 0 Å². The number of nitrogens with zero attached hydrogens (tertiary/aromatic N) is 2. The first-order valence-corrected chi connectivity index (χ1v) is 17.8. The zero-order valence-corrected chi connectivity index (χ0v) is 28.7. The summed E-state index contributed by atoms with van der Waals surface area (Å²) in [6, 6.07) is 67.7. The number of fused-ring (bicyclic) bond motifs is 5. The smallest absolute Gasteiger partial charge is 0.227 e. The Morgan fingerprint density at radius 2 is 0.906 bits per heavy atom. The molecule has 4 heteroatoms. The normalized spacial score (nSPS) is 11.4. The van der Waals surface area contributed by atoms with E-state index in [0.717, 1.165) is 77.9 Å². The molecule has 0 atom stereocenters. The Kier molecular flexibility index (Phi) is 7.43. The molecule has 250 valence electrons. The predicted molar refractivity (Wildman–Crippen MR) is 218 cm³/mol. The van der Waals surface area contributed by atoms with Crippen molar-refractivity contribution in [1.29, 1.82) is 0 Å². The summed E-state index contributed by atoms with van der Waals surface area (Å²) in [5, 5.41) is 1.97. The summed E-state index contributed by atoms with van der Waals surface area (Å²) >= 11 is 0. The molecule has 4 nitrogen and oxygen atoms in total. The van der Waals surface area contributed by atoms with E-state index in [1.165, 1.54) is 11.1 Å². The van der Waals surface area contributed by atoms with Crippen molar-refractivity contribution in [3.8, 4) is 44.8 Å². The van der Waals surface area contributed by atoms with Gasteiger partial charge in [-0.25, -0.2) is 4.98 Å². The van der Waals surface area contributed by atoms with Gasteiger partial charge in [-0.3, -0.25) is 0 Å². The van der Waals surface area contributed by atoms with Crippen LogP contribution < -0.4 is 4.90 Å². The molecule has 0 saturated heterocycles. The number of furan rings is 1. The van der Waals surface area contributed by atoms with Crippen LogP contribution >= 0.6 is 0 Å². The standard InChI is InChI=1S/C49H32N2O2/c1-5-13-33(14-6-1)37-23-27-43(41(31-37)35-15-7-2-8-16-35)51(39-19-11-4-12-20-39)40-25-21-34(22-26-40)38-24-28-44-42(32-38)47-45(52-44)29-30-46-48(47)50-49(53-46)36-17-9-3-10-18-36/h1-32H. The van der Waals surface area contributed by atoms with Gasteiger partial charge in [0.15, 0.2) is 5.58 Å². The van der Waals surface area contributed by atoms with Crippen LogP contribution in [0.2, 0.25) is 0 Å². The highest BCUT2D eigenvalue weighted by Gasteiger charge is 2.20. The monoisotopic (exact) mass is 680 g/mol. The maximum atomic E-state index is 6.31. The average Bonchev–Trinajstić information content (AvgIpc) is 3.84. The number of hydrogen-bond acceptors (Lipinski definition) is 4. The highest BCUT2D eigenvalue weighted by molar-refractivity contribution is 6.17. The molecule has 2 heterocycles. The van der Waals surface area contributed by atoms with Gasteiger partial charge in [-0.1, -0.05) is 121 Å². The molecule has 0 aliphatic carbocycles. The van der Waals surface area contributed by atoms with Crippen LogP contribution in [-0.2, 0) is 0 Å².